The molecule has 0 saturated heterocycles. The highest BCUT2D eigenvalue weighted by atomic mass is 16.1. The largest absolute Gasteiger partial charge is 0.309 e. The van der Waals surface area contributed by atoms with E-state index in [0.717, 1.165) is 46.1 Å². The molecule has 0 fully saturated rings. The van der Waals surface area contributed by atoms with Crippen LogP contribution < -0.4 is 10.9 Å². The molecule has 0 bridgehead atoms. The monoisotopic (exact) mass is 548 g/mol. The van der Waals surface area contributed by atoms with Crippen LogP contribution in [0.5, 0.6) is 0 Å². The molecule has 0 N–H and O–H groups in total. The molecule has 2 heterocycles. The molecule has 0 atom stereocenters. The van der Waals surface area contributed by atoms with Crippen LogP contribution in [0, 0.1) is 0 Å². The fourth-order valence-corrected chi connectivity index (χ4v) is 5.89. The predicted octanol–water partition coefficient (Wildman–Crippen LogP) is 6.08. The van der Waals surface area contributed by atoms with Gasteiger partial charge in [0.25, 0.3) is 0 Å². The summed E-state index contributed by atoms with van der Waals surface area (Å²) in [6.45, 7) is 0. The van der Waals surface area contributed by atoms with Gasteiger partial charge in [-0.3, -0.25) is 9.59 Å². The smallest absolute Gasteiger partial charge is 0.197 e. The van der Waals surface area contributed by atoms with E-state index in [1.54, 1.807) is 0 Å². The Hall–Kier alpha value is -5.62. The molecule has 2 aromatic heterocycles. The van der Waals surface area contributed by atoms with Crippen molar-refractivity contribution in [1.29, 1.82) is 0 Å². The Bertz CT molecular complexity index is 2150. The number of nitrogens with zero attached hydrogens (tertiary/aromatic N) is 2. The van der Waals surface area contributed by atoms with Crippen LogP contribution in [0.2, 0.25) is 0 Å². The van der Waals surface area contributed by atoms with Gasteiger partial charge in [0.15, 0.2) is 10.9 Å². The zero-order valence-electron chi connectivity index (χ0n) is 22.5. The second-order valence-electron chi connectivity index (χ2n) is 10.3. The minimum atomic E-state index is -0.121. The number of carbonyl (C=O) groups excluding carboxylic acids is 2. The molecule has 42 heavy (non-hydrogen) atoms. The molecule has 7 rings (SSSR count). The van der Waals surface area contributed by atoms with E-state index < -0.39 is 0 Å². The van der Waals surface area contributed by atoms with Gasteiger partial charge in [0.1, 0.15) is 12.6 Å². The van der Waals surface area contributed by atoms with Crippen molar-refractivity contribution < 1.29 is 9.59 Å². The lowest BCUT2D eigenvalue weighted by molar-refractivity contribution is -0.108. The third kappa shape index (κ3) is 3.96. The average Bonchev–Trinajstić information content (AvgIpc) is 3.03. The quantitative estimate of drug-likeness (QED) is 0.186. The standard InChI is InChI=1S/C36H24N2O4/c39-19-17-23-9-13-25(14-10-23)37-31-7-3-1-5-27(31)35(41)29-21-34-30(22-33(29)37)36(42)28-6-2-4-8-32(28)38(34)26-15-11-24(12-16-26)18-20-40/h1-16,19-22H,17-18H2. The molecule has 0 aliphatic rings. The SMILES string of the molecule is O=CCc1ccc(-n2c3ccccc3c(=O)c3cc4c(cc32)c(=O)c2ccccc2n4-c2ccc(CC=O)cc2)cc1. The van der Waals surface area contributed by atoms with Crippen LogP contribution in [-0.2, 0) is 22.4 Å². The fraction of sp³-hybridized carbons (Fsp3) is 0.0556. The average molecular weight is 549 g/mol. The number of hydrogen-bond donors (Lipinski definition) is 0. The molecule has 0 aliphatic heterocycles. The number of fused-ring (bicyclic) bond motifs is 4. The number of hydrogen-bond acceptors (Lipinski definition) is 4. The highest BCUT2D eigenvalue weighted by Crippen LogP contribution is 2.30. The molecule has 7 aromatic rings. The van der Waals surface area contributed by atoms with Gasteiger partial charge in [0, 0.05) is 45.8 Å². The van der Waals surface area contributed by atoms with Crippen LogP contribution in [0.3, 0.4) is 0 Å². The van der Waals surface area contributed by atoms with E-state index in [-0.39, 0.29) is 10.9 Å². The van der Waals surface area contributed by atoms with E-state index in [2.05, 4.69) is 0 Å². The zero-order chi connectivity index (χ0) is 28.8. The van der Waals surface area contributed by atoms with Crippen molar-refractivity contribution in [3.8, 4) is 11.4 Å². The number of para-hydroxylation sites is 2. The normalized spacial score (nSPS) is 11.4. The van der Waals surface area contributed by atoms with Crippen LogP contribution in [0.25, 0.3) is 55.0 Å². The number of carbonyl (C=O) groups is 2. The van der Waals surface area contributed by atoms with Crippen molar-refractivity contribution in [3.63, 3.8) is 0 Å². The summed E-state index contributed by atoms with van der Waals surface area (Å²) in [7, 11) is 0. The lowest BCUT2D eigenvalue weighted by atomic mass is 10.0. The molecule has 0 unspecified atom stereocenters. The van der Waals surface area contributed by atoms with Gasteiger partial charge in [0.05, 0.1) is 22.1 Å². The van der Waals surface area contributed by atoms with Gasteiger partial charge in [-0.05, 0) is 71.8 Å². The summed E-state index contributed by atoms with van der Waals surface area (Å²) < 4.78 is 4.01. The molecular formula is C36H24N2O4. The fourth-order valence-electron chi connectivity index (χ4n) is 5.89. The summed E-state index contributed by atoms with van der Waals surface area (Å²) in [4.78, 5) is 50.1. The Labute approximate surface area is 239 Å². The van der Waals surface area contributed by atoms with Gasteiger partial charge in [-0.2, -0.15) is 0 Å². The third-order valence-electron chi connectivity index (χ3n) is 7.89. The molecular weight excluding hydrogens is 524 g/mol. The van der Waals surface area contributed by atoms with Gasteiger partial charge in [-0.15, -0.1) is 0 Å². The highest BCUT2D eigenvalue weighted by Gasteiger charge is 2.18. The number of pyridine rings is 2. The lowest BCUT2D eigenvalue weighted by Gasteiger charge is -2.19. The van der Waals surface area contributed by atoms with E-state index in [9.17, 15) is 19.2 Å². The van der Waals surface area contributed by atoms with Crippen molar-refractivity contribution in [3.05, 3.63) is 141 Å². The molecule has 0 spiro atoms. The van der Waals surface area contributed by atoms with E-state index in [0.29, 0.717) is 45.4 Å². The molecule has 6 nitrogen and oxygen atoms in total. The first-order valence-corrected chi connectivity index (χ1v) is 13.7. The van der Waals surface area contributed by atoms with Crippen LogP contribution in [0.1, 0.15) is 11.1 Å². The predicted molar refractivity (Wildman–Crippen MR) is 167 cm³/mol. The Kier molecular flexibility index (Phi) is 6.09. The van der Waals surface area contributed by atoms with Gasteiger partial charge in [0.2, 0.25) is 0 Å². The number of benzene rings is 5. The van der Waals surface area contributed by atoms with E-state index in [1.165, 1.54) is 0 Å². The van der Waals surface area contributed by atoms with E-state index in [1.807, 2.05) is 118 Å². The van der Waals surface area contributed by atoms with Gasteiger partial charge in [-0.25, -0.2) is 0 Å². The first-order valence-electron chi connectivity index (χ1n) is 13.7. The van der Waals surface area contributed by atoms with Crippen LogP contribution >= 0.6 is 0 Å². The lowest BCUT2D eigenvalue weighted by Crippen LogP contribution is -2.14. The maximum Gasteiger partial charge on any atom is 0.197 e. The summed E-state index contributed by atoms with van der Waals surface area (Å²) in [5.41, 5.74) is 5.87. The van der Waals surface area contributed by atoms with Crippen LogP contribution in [-0.4, -0.2) is 21.7 Å². The number of aldehydes is 2. The van der Waals surface area contributed by atoms with E-state index >= 15 is 0 Å². The Morgan fingerprint density at radius 1 is 0.452 bits per heavy atom. The molecule has 0 aliphatic carbocycles. The second kappa shape index (κ2) is 10.1. The molecule has 0 amide bonds. The zero-order valence-corrected chi connectivity index (χ0v) is 22.5. The van der Waals surface area contributed by atoms with Crippen LogP contribution in [0.15, 0.2) is 119 Å². The first kappa shape index (κ1) is 25.4. The Balaban J connectivity index is 1.64. The second-order valence-corrected chi connectivity index (χ2v) is 10.3. The summed E-state index contributed by atoms with van der Waals surface area (Å²) in [5.74, 6) is 0. The highest BCUT2D eigenvalue weighted by molar-refractivity contribution is 6.05. The van der Waals surface area contributed by atoms with Crippen LogP contribution in [0.4, 0.5) is 0 Å². The van der Waals surface area contributed by atoms with Crippen molar-refractivity contribution >= 4 is 56.2 Å². The molecule has 6 heteroatoms. The molecule has 0 saturated carbocycles. The summed E-state index contributed by atoms with van der Waals surface area (Å²) >= 11 is 0. The molecule has 202 valence electrons. The van der Waals surface area contributed by atoms with Gasteiger partial charge >= 0.3 is 0 Å². The topological polar surface area (TPSA) is 78.1 Å². The number of rotatable bonds is 6. The number of aromatic nitrogens is 2. The molecule has 0 radical (unpaired) electrons. The van der Waals surface area contributed by atoms with E-state index in [4.69, 9.17) is 0 Å². The molecule has 5 aromatic carbocycles. The Morgan fingerprint density at radius 2 is 0.833 bits per heavy atom. The third-order valence-corrected chi connectivity index (χ3v) is 7.89. The maximum atomic E-state index is 14.0. The minimum Gasteiger partial charge on any atom is -0.309 e. The summed E-state index contributed by atoms with van der Waals surface area (Å²) in [6, 6.07) is 33.9. The Morgan fingerprint density at radius 3 is 1.21 bits per heavy atom. The first-order chi connectivity index (χ1) is 20.6. The summed E-state index contributed by atoms with van der Waals surface area (Å²) in [6.07, 6.45) is 2.38. The van der Waals surface area contributed by atoms with Gasteiger partial charge in [-0.1, -0.05) is 48.5 Å². The van der Waals surface area contributed by atoms with Crippen molar-refractivity contribution in [2.75, 3.05) is 0 Å². The van der Waals surface area contributed by atoms with Crippen molar-refractivity contribution in [1.82, 2.24) is 9.13 Å². The summed E-state index contributed by atoms with van der Waals surface area (Å²) in [5, 5.41) is 2.10. The van der Waals surface area contributed by atoms with Crippen molar-refractivity contribution in [2.45, 2.75) is 12.8 Å². The van der Waals surface area contributed by atoms with Crippen molar-refractivity contribution in [2.24, 2.45) is 0 Å². The maximum absolute atomic E-state index is 14.0. The van der Waals surface area contributed by atoms with Gasteiger partial charge < -0.3 is 18.7 Å². The minimum absolute atomic E-state index is 0.121.